The zero-order valence-electron chi connectivity index (χ0n) is 13.0. The van der Waals surface area contributed by atoms with Gasteiger partial charge in [-0.05, 0) is 27.7 Å². The minimum atomic E-state index is -1.46. The standard InChI is InChI=1S/C14H23FO6/c1-13(2)17-6-7-9(19-13)11-10(20-14(3,4)21-11)8(15)12(16-5)18-7/h7-12H,6H2,1-5H3/t7?,8?,9-,10?,11-,12+/m0/s1. The number of halogens is 1. The molecule has 3 unspecified atom stereocenters. The lowest BCUT2D eigenvalue weighted by atomic mass is 10.0. The van der Waals surface area contributed by atoms with Gasteiger partial charge in [0.05, 0.1) is 6.61 Å². The van der Waals surface area contributed by atoms with E-state index in [9.17, 15) is 4.39 Å². The summed E-state index contributed by atoms with van der Waals surface area (Å²) < 4.78 is 48.6. The van der Waals surface area contributed by atoms with E-state index >= 15 is 0 Å². The smallest absolute Gasteiger partial charge is 0.191 e. The van der Waals surface area contributed by atoms with Crippen molar-refractivity contribution in [1.82, 2.24) is 0 Å². The first-order valence-corrected chi connectivity index (χ1v) is 7.22. The summed E-state index contributed by atoms with van der Waals surface area (Å²) in [4.78, 5) is 0. The van der Waals surface area contributed by atoms with Gasteiger partial charge in [0, 0.05) is 7.11 Å². The molecule has 0 spiro atoms. The number of methoxy groups -OCH3 is 1. The van der Waals surface area contributed by atoms with E-state index in [2.05, 4.69) is 0 Å². The van der Waals surface area contributed by atoms with Crippen LogP contribution in [0.25, 0.3) is 0 Å². The first-order chi connectivity index (χ1) is 9.72. The van der Waals surface area contributed by atoms with Gasteiger partial charge in [0.15, 0.2) is 24.0 Å². The van der Waals surface area contributed by atoms with Crippen molar-refractivity contribution in [2.24, 2.45) is 0 Å². The molecule has 21 heavy (non-hydrogen) atoms. The van der Waals surface area contributed by atoms with Crippen LogP contribution in [0.2, 0.25) is 0 Å². The maximum absolute atomic E-state index is 14.7. The Hall–Kier alpha value is -0.310. The normalized spacial score (nSPS) is 48.3. The number of fused-ring (bicyclic) bond motifs is 3. The van der Waals surface area contributed by atoms with E-state index in [4.69, 9.17) is 28.4 Å². The number of hydrogen-bond acceptors (Lipinski definition) is 6. The van der Waals surface area contributed by atoms with Crippen LogP contribution in [0.1, 0.15) is 27.7 Å². The molecule has 0 aromatic rings. The van der Waals surface area contributed by atoms with Gasteiger partial charge in [-0.2, -0.15) is 0 Å². The minimum Gasteiger partial charge on any atom is -0.353 e. The fraction of sp³-hybridized carbons (Fsp3) is 1.00. The first kappa shape index (κ1) is 15.6. The van der Waals surface area contributed by atoms with Crippen molar-refractivity contribution in [2.75, 3.05) is 13.7 Å². The average molecular weight is 306 g/mol. The fourth-order valence-electron chi connectivity index (χ4n) is 3.12. The van der Waals surface area contributed by atoms with Crippen molar-refractivity contribution in [3.8, 4) is 0 Å². The predicted molar refractivity (Wildman–Crippen MR) is 69.3 cm³/mol. The second kappa shape index (κ2) is 5.11. The van der Waals surface area contributed by atoms with E-state index in [1.54, 1.807) is 13.8 Å². The Kier molecular flexibility index (Phi) is 3.79. The molecular formula is C14H23FO6. The van der Waals surface area contributed by atoms with Crippen LogP contribution in [0, 0.1) is 0 Å². The maximum atomic E-state index is 14.7. The van der Waals surface area contributed by atoms with Gasteiger partial charge in [0.1, 0.15) is 24.4 Å². The van der Waals surface area contributed by atoms with Crippen LogP contribution in [-0.2, 0) is 28.4 Å². The van der Waals surface area contributed by atoms with Crippen molar-refractivity contribution in [3.05, 3.63) is 0 Å². The fourth-order valence-corrected chi connectivity index (χ4v) is 3.12. The van der Waals surface area contributed by atoms with E-state index in [1.165, 1.54) is 7.11 Å². The average Bonchev–Trinajstić information content (AvgIpc) is 2.67. The Bertz CT molecular complexity index is 401. The molecule has 3 aliphatic rings. The Morgan fingerprint density at radius 1 is 0.952 bits per heavy atom. The second-order valence-electron chi connectivity index (χ2n) is 6.58. The highest BCUT2D eigenvalue weighted by Gasteiger charge is 2.58. The number of alkyl halides is 1. The highest BCUT2D eigenvalue weighted by Crippen LogP contribution is 2.41. The van der Waals surface area contributed by atoms with E-state index in [-0.39, 0.29) is 6.61 Å². The van der Waals surface area contributed by atoms with Gasteiger partial charge in [-0.1, -0.05) is 0 Å². The van der Waals surface area contributed by atoms with Crippen LogP contribution in [0.5, 0.6) is 0 Å². The van der Waals surface area contributed by atoms with Gasteiger partial charge in [-0.25, -0.2) is 4.39 Å². The molecule has 0 aliphatic carbocycles. The molecule has 3 rings (SSSR count). The van der Waals surface area contributed by atoms with Gasteiger partial charge in [0.25, 0.3) is 0 Å². The summed E-state index contributed by atoms with van der Waals surface area (Å²) in [6, 6.07) is 0. The van der Waals surface area contributed by atoms with Crippen molar-refractivity contribution in [3.63, 3.8) is 0 Å². The highest BCUT2D eigenvalue weighted by atomic mass is 19.1. The summed E-state index contributed by atoms with van der Waals surface area (Å²) in [6.07, 6.45) is -4.79. The molecular weight excluding hydrogens is 283 g/mol. The van der Waals surface area contributed by atoms with Crippen LogP contribution in [0.15, 0.2) is 0 Å². The van der Waals surface area contributed by atoms with E-state index in [0.717, 1.165) is 0 Å². The Morgan fingerprint density at radius 3 is 2.24 bits per heavy atom. The SMILES string of the molecule is CO[C@@H]1OC2COC(C)(C)O[C@@H]2[C@@H]2OC(C)(C)OC2C1F. The van der Waals surface area contributed by atoms with E-state index in [0.29, 0.717) is 0 Å². The van der Waals surface area contributed by atoms with Crippen molar-refractivity contribution in [2.45, 2.75) is 76.1 Å². The zero-order chi connectivity index (χ0) is 15.4. The molecule has 6 nitrogen and oxygen atoms in total. The number of rotatable bonds is 1. The monoisotopic (exact) mass is 306 g/mol. The second-order valence-corrected chi connectivity index (χ2v) is 6.58. The Morgan fingerprint density at radius 2 is 1.57 bits per heavy atom. The zero-order valence-corrected chi connectivity index (χ0v) is 13.0. The summed E-state index contributed by atoms with van der Waals surface area (Å²) in [6.45, 7) is 7.43. The van der Waals surface area contributed by atoms with Crippen LogP contribution in [-0.4, -0.2) is 62.2 Å². The van der Waals surface area contributed by atoms with E-state index < -0.39 is 48.5 Å². The molecule has 3 aliphatic heterocycles. The number of hydrogen-bond donors (Lipinski definition) is 0. The molecule has 3 fully saturated rings. The molecule has 3 saturated heterocycles. The molecule has 6 atom stereocenters. The van der Waals surface area contributed by atoms with Crippen molar-refractivity contribution < 1.29 is 32.8 Å². The third-order valence-corrected chi connectivity index (χ3v) is 3.98. The summed E-state index contributed by atoms with van der Waals surface area (Å²) in [5, 5.41) is 0. The molecule has 0 amide bonds. The highest BCUT2D eigenvalue weighted by molar-refractivity contribution is 5.00. The molecule has 7 heteroatoms. The quantitative estimate of drug-likeness (QED) is 0.729. The lowest BCUT2D eigenvalue weighted by Crippen LogP contribution is -2.55. The van der Waals surface area contributed by atoms with Crippen LogP contribution < -0.4 is 0 Å². The van der Waals surface area contributed by atoms with Crippen molar-refractivity contribution >= 4 is 0 Å². The molecule has 122 valence electrons. The first-order valence-electron chi connectivity index (χ1n) is 7.22. The minimum absolute atomic E-state index is 0.289. The van der Waals surface area contributed by atoms with Crippen molar-refractivity contribution in [1.29, 1.82) is 0 Å². The summed E-state index contributed by atoms with van der Waals surface area (Å²) in [7, 11) is 1.40. The topological polar surface area (TPSA) is 55.4 Å². The van der Waals surface area contributed by atoms with E-state index in [1.807, 2.05) is 13.8 Å². The Balaban J connectivity index is 1.92. The molecule has 0 aromatic heterocycles. The molecule has 0 radical (unpaired) electrons. The van der Waals surface area contributed by atoms with Gasteiger partial charge >= 0.3 is 0 Å². The summed E-state index contributed by atoms with van der Waals surface area (Å²) in [5.74, 6) is -1.64. The number of ether oxygens (including phenoxy) is 6. The van der Waals surface area contributed by atoms with Crippen LogP contribution in [0.4, 0.5) is 4.39 Å². The molecule has 0 saturated carbocycles. The van der Waals surface area contributed by atoms with Gasteiger partial charge in [0.2, 0.25) is 0 Å². The summed E-state index contributed by atoms with van der Waals surface area (Å²) >= 11 is 0. The van der Waals surface area contributed by atoms with Gasteiger partial charge in [-0.3, -0.25) is 0 Å². The molecule has 0 bridgehead atoms. The lowest BCUT2D eigenvalue weighted by molar-refractivity contribution is -0.339. The van der Waals surface area contributed by atoms with Crippen LogP contribution in [0.3, 0.4) is 0 Å². The Labute approximate surface area is 123 Å². The maximum Gasteiger partial charge on any atom is 0.191 e. The third kappa shape index (κ3) is 2.83. The third-order valence-electron chi connectivity index (χ3n) is 3.98. The van der Waals surface area contributed by atoms with Crippen LogP contribution >= 0.6 is 0 Å². The van der Waals surface area contributed by atoms with Gasteiger partial charge < -0.3 is 28.4 Å². The predicted octanol–water partition coefficient (Wildman–Crippen LogP) is 1.37. The molecule has 0 N–H and O–H groups in total. The largest absolute Gasteiger partial charge is 0.353 e. The molecule has 0 aromatic carbocycles. The summed E-state index contributed by atoms with van der Waals surface area (Å²) in [5.41, 5.74) is 0. The lowest BCUT2D eigenvalue weighted by Gasteiger charge is -2.42. The van der Waals surface area contributed by atoms with Gasteiger partial charge in [-0.15, -0.1) is 0 Å². The molecule has 3 heterocycles.